The maximum absolute atomic E-state index is 13.8. The molecule has 0 saturated carbocycles. The number of amides is 1. The first-order valence-corrected chi connectivity index (χ1v) is 9.32. The van der Waals surface area contributed by atoms with Gasteiger partial charge in [-0.05, 0) is 36.5 Å². The van der Waals surface area contributed by atoms with E-state index in [2.05, 4.69) is 22.5 Å². The van der Waals surface area contributed by atoms with Crippen LogP contribution in [-0.2, 0) is 24.2 Å². The maximum Gasteiger partial charge on any atom is 0.225 e. The molecule has 1 aliphatic rings. The van der Waals surface area contributed by atoms with Gasteiger partial charge in [0.15, 0.2) is 0 Å². The van der Waals surface area contributed by atoms with Gasteiger partial charge in [-0.25, -0.2) is 4.39 Å². The van der Waals surface area contributed by atoms with Gasteiger partial charge in [-0.1, -0.05) is 48.5 Å². The fourth-order valence-electron chi connectivity index (χ4n) is 3.72. The quantitative estimate of drug-likeness (QED) is 0.749. The number of carbonyl (C=O) groups excluding carboxylic acids is 1. The molecule has 0 bridgehead atoms. The summed E-state index contributed by atoms with van der Waals surface area (Å²) in [6.07, 6.45) is 4.76. The first-order chi connectivity index (χ1) is 13.2. The molecule has 138 valence electrons. The Morgan fingerprint density at radius 3 is 2.74 bits per heavy atom. The van der Waals surface area contributed by atoms with Crippen LogP contribution in [0.15, 0.2) is 60.8 Å². The average Bonchev–Trinajstić information content (AvgIpc) is 3.08. The van der Waals surface area contributed by atoms with Gasteiger partial charge in [0.1, 0.15) is 5.82 Å². The normalized spacial score (nSPS) is 16.0. The molecule has 27 heavy (non-hydrogen) atoms. The summed E-state index contributed by atoms with van der Waals surface area (Å²) in [5.74, 6) is -0.499. The van der Waals surface area contributed by atoms with E-state index >= 15 is 0 Å². The summed E-state index contributed by atoms with van der Waals surface area (Å²) >= 11 is 0. The van der Waals surface area contributed by atoms with Gasteiger partial charge in [0, 0.05) is 11.3 Å². The molecular formula is C22H22FN3O. The zero-order valence-corrected chi connectivity index (χ0v) is 15.1. The van der Waals surface area contributed by atoms with Crippen LogP contribution in [0.5, 0.6) is 0 Å². The highest BCUT2D eigenvalue weighted by molar-refractivity contribution is 5.79. The van der Waals surface area contributed by atoms with Crippen LogP contribution in [0.25, 0.3) is 0 Å². The molecule has 0 spiro atoms. The van der Waals surface area contributed by atoms with E-state index in [0.29, 0.717) is 5.56 Å². The molecule has 1 aliphatic carbocycles. The number of halogens is 1. The average molecular weight is 363 g/mol. The van der Waals surface area contributed by atoms with Crippen molar-refractivity contribution in [1.82, 2.24) is 15.1 Å². The minimum atomic E-state index is -0.340. The van der Waals surface area contributed by atoms with Gasteiger partial charge < -0.3 is 5.32 Å². The summed E-state index contributed by atoms with van der Waals surface area (Å²) in [7, 11) is 0. The number of carbonyl (C=O) groups is 1. The topological polar surface area (TPSA) is 46.9 Å². The van der Waals surface area contributed by atoms with Crippen molar-refractivity contribution in [2.24, 2.45) is 0 Å². The minimum absolute atomic E-state index is 0.0522. The van der Waals surface area contributed by atoms with Gasteiger partial charge in [0.05, 0.1) is 25.2 Å². The lowest BCUT2D eigenvalue weighted by Crippen LogP contribution is -2.32. The van der Waals surface area contributed by atoms with Crippen LogP contribution in [0.1, 0.15) is 41.3 Å². The molecule has 1 N–H and O–H groups in total. The third-order valence-corrected chi connectivity index (χ3v) is 5.08. The highest BCUT2D eigenvalue weighted by Gasteiger charge is 2.25. The van der Waals surface area contributed by atoms with Gasteiger partial charge in [0.25, 0.3) is 0 Å². The molecular weight excluding hydrogens is 341 g/mol. The van der Waals surface area contributed by atoms with Crippen molar-refractivity contribution in [1.29, 1.82) is 0 Å². The summed E-state index contributed by atoms with van der Waals surface area (Å²) < 4.78 is 15.8. The van der Waals surface area contributed by atoms with Crippen molar-refractivity contribution in [3.63, 3.8) is 0 Å². The van der Waals surface area contributed by atoms with Crippen LogP contribution in [0, 0.1) is 5.82 Å². The minimum Gasteiger partial charge on any atom is -0.349 e. The molecule has 1 atom stereocenters. The van der Waals surface area contributed by atoms with Crippen LogP contribution < -0.4 is 5.32 Å². The standard InChI is InChI=1S/C22H22FN3O/c23-19-10-5-4-9-17(19)13-22(27)25-20-11-6-12-21-18(20)14-24-26(21)15-16-7-2-1-3-8-16/h1-5,7-10,14,20H,6,11-13,15H2,(H,25,27). The lowest BCUT2D eigenvalue weighted by molar-refractivity contribution is -0.121. The van der Waals surface area contributed by atoms with E-state index in [1.54, 1.807) is 18.2 Å². The van der Waals surface area contributed by atoms with Gasteiger partial charge in [-0.2, -0.15) is 5.10 Å². The van der Waals surface area contributed by atoms with Crippen LogP contribution >= 0.6 is 0 Å². The number of nitrogens with zero attached hydrogens (tertiary/aromatic N) is 2. The lowest BCUT2D eigenvalue weighted by Gasteiger charge is -2.24. The first kappa shape index (κ1) is 17.5. The van der Waals surface area contributed by atoms with Crippen molar-refractivity contribution < 1.29 is 9.18 Å². The van der Waals surface area contributed by atoms with E-state index in [9.17, 15) is 9.18 Å². The monoisotopic (exact) mass is 363 g/mol. The van der Waals surface area contributed by atoms with Crippen LogP contribution in [0.2, 0.25) is 0 Å². The van der Waals surface area contributed by atoms with Crippen LogP contribution in [-0.4, -0.2) is 15.7 Å². The number of aromatic nitrogens is 2. The summed E-state index contributed by atoms with van der Waals surface area (Å²) in [4.78, 5) is 12.4. The largest absolute Gasteiger partial charge is 0.349 e. The van der Waals surface area contributed by atoms with E-state index in [1.165, 1.54) is 17.3 Å². The van der Waals surface area contributed by atoms with E-state index in [0.717, 1.165) is 31.4 Å². The van der Waals surface area contributed by atoms with Gasteiger partial charge >= 0.3 is 0 Å². The molecule has 4 rings (SSSR count). The van der Waals surface area contributed by atoms with Gasteiger partial charge in [-0.15, -0.1) is 0 Å². The van der Waals surface area contributed by atoms with Crippen molar-refractivity contribution >= 4 is 5.91 Å². The highest BCUT2D eigenvalue weighted by Crippen LogP contribution is 2.30. The molecule has 3 aromatic rings. The highest BCUT2D eigenvalue weighted by atomic mass is 19.1. The maximum atomic E-state index is 13.8. The predicted octanol–water partition coefficient (Wildman–Crippen LogP) is 3.81. The Morgan fingerprint density at radius 2 is 1.93 bits per heavy atom. The zero-order chi connectivity index (χ0) is 18.6. The summed E-state index contributed by atoms with van der Waals surface area (Å²) in [6.45, 7) is 0.728. The number of nitrogens with one attached hydrogen (secondary N) is 1. The van der Waals surface area contributed by atoms with E-state index < -0.39 is 0 Å². The third-order valence-electron chi connectivity index (χ3n) is 5.08. The second-order valence-corrected chi connectivity index (χ2v) is 6.97. The number of benzene rings is 2. The second kappa shape index (κ2) is 7.74. The molecule has 0 fully saturated rings. The Balaban J connectivity index is 1.47. The molecule has 1 amide bonds. The Bertz CT molecular complexity index is 936. The second-order valence-electron chi connectivity index (χ2n) is 6.97. The molecule has 0 saturated heterocycles. The number of hydrogen-bond acceptors (Lipinski definition) is 2. The Hall–Kier alpha value is -2.95. The molecule has 1 unspecified atom stereocenters. The van der Waals surface area contributed by atoms with Crippen molar-refractivity contribution in [2.45, 2.75) is 38.3 Å². The first-order valence-electron chi connectivity index (χ1n) is 9.32. The van der Waals surface area contributed by atoms with E-state index in [4.69, 9.17) is 0 Å². The van der Waals surface area contributed by atoms with Crippen molar-refractivity contribution in [2.75, 3.05) is 0 Å². The van der Waals surface area contributed by atoms with Crippen molar-refractivity contribution in [3.05, 3.63) is 89.0 Å². The number of hydrogen-bond donors (Lipinski definition) is 1. The molecule has 0 aliphatic heterocycles. The lowest BCUT2D eigenvalue weighted by atomic mass is 9.92. The molecule has 0 radical (unpaired) electrons. The fraction of sp³-hybridized carbons (Fsp3) is 0.273. The smallest absolute Gasteiger partial charge is 0.225 e. The Kier molecular flexibility index (Phi) is 5.01. The number of rotatable bonds is 5. The molecule has 1 heterocycles. The SMILES string of the molecule is O=C(Cc1ccccc1F)NC1CCCc2c1cnn2Cc1ccccc1. The van der Waals surface area contributed by atoms with E-state index in [-0.39, 0.29) is 24.2 Å². The fourth-order valence-corrected chi connectivity index (χ4v) is 3.72. The van der Waals surface area contributed by atoms with Crippen LogP contribution in [0.4, 0.5) is 4.39 Å². The zero-order valence-electron chi connectivity index (χ0n) is 15.1. The molecule has 2 aromatic carbocycles. The van der Waals surface area contributed by atoms with Gasteiger partial charge in [0.2, 0.25) is 5.91 Å². The predicted molar refractivity (Wildman–Crippen MR) is 102 cm³/mol. The summed E-state index contributed by atoms with van der Waals surface area (Å²) in [6, 6.07) is 16.6. The summed E-state index contributed by atoms with van der Waals surface area (Å²) in [5, 5.41) is 7.62. The Morgan fingerprint density at radius 1 is 1.15 bits per heavy atom. The van der Waals surface area contributed by atoms with Crippen LogP contribution in [0.3, 0.4) is 0 Å². The molecule has 4 nitrogen and oxygen atoms in total. The molecule has 1 aromatic heterocycles. The van der Waals surface area contributed by atoms with Gasteiger partial charge in [-0.3, -0.25) is 9.48 Å². The van der Waals surface area contributed by atoms with Crippen molar-refractivity contribution in [3.8, 4) is 0 Å². The molecule has 5 heteroatoms. The third kappa shape index (κ3) is 3.92. The Labute approximate surface area is 158 Å². The van der Waals surface area contributed by atoms with E-state index in [1.807, 2.05) is 29.1 Å². The summed E-state index contributed by atoms with van der Waals surface area (Å²) in [5.41, 5.74) is 3.89. The number of fused-ring (bicyclic) bond motifs is 1.